The predicted octanol–water partition coefficient (Wildman–Crippen LogP) is 4.13. The van der Waals surface area contributed by atoms with Crippen LogP contribution in [0, 0.1) is 15.9 Å². The molecule has 10 nitrogen and oxygen atoms in total. The van der Waals surface area contributed by atoms with E-state index < -0.39 is 16.7 Å². The zero-order chi connectivity index (χ0) is 27.2. The van der Waals surface area contributed by atoms with E-state index in [1.807, 2.05) is 65.6 Å². The second-order valence-electron chi connectivity index (χ2n) is 8.95. The summed E-state index contributed by atoms with van der Waals surface area (Å²) < 4.78 is 14.2. The fraction of sp³-hybridized carbons (Fsp3) is 0.179. The Morgan fingerprint density at radius 3 is 2.00 bits per heavy atom. The second-order valence-corrected chi connectivity index (χ2v) is 8.95. The van der Waals surface area contributed by atoms with Gasteiger partial charge in [0.05, 0.1) is 16.5 Å². The number of aromatic nitrogens is 2. The van der Waals surface area contributed by atoms with Crippen molar-refractivity contribution in [3.05, 3.63) is 118 Å². The molecule has 5 rings (SSSR count). The topological polar surface area (TPSA) is 117 Å². The Kier molecular flexibility index (Phi) is 7.58. The number of carbonyl (C=O) groups excluding carboxylic acids is 1. The minimum absolute atomic E-state index is 0.127. The van der Waals surface area contributed by atoms with Crippen LogP contribution in [0.5, 0.6) is 0 Å². The van der Waals surface area contributed by atoms with Crippen LogP contribution in [0.25, 0.3) is 0 Å². The number of nitrogens with zero attached hydrogens (tertiary/aromatic N) is 5. The summed E-state index contributed by atoms with van der Waals surface area (Å²) >= 11 is 0. The molecule has 1 fully saturated rings. The summed E-state index contributed by atoms with van der Waals surface area (Å²) in [5, 5.41) is 12.1. The summed E-state index contributed by atoms with van der Waals surface area (Å²) in [6.45, 7) is 1.69. The van der Waals surface area contributed by atoms with E-state index in [9.17, 15) is 19.3 Å². The smallest absolute Gasteiger partial charge is 0.355 e. The lowest BCUT2D eigenvalue weighted by Crippen LogP contribution is -2.47. The lowest BCUT2D eigenvalue weighted by molar-refractivity contribution is -0.383. The van der Waals surface area contributed by atoms with E-state index in [1.54, 1.807) is 23.1 Å². The Morgan fingerprint density at radius 1 is 0.846 bits per heavy atom. The third-order valence-electron chi connectivity index (χ3n) is 6.59. The van der Waals surface area contributed by atoms with Crippen LogP contribution in [0.4, 0.5) is 27.4 Å². The van der Waals surface area contributed by atoms with Crippen molar-refractivity contribution < 1.29 is 14.1 Å². The third kappa shape index (κ3) is 5.61. The van der Waals surface area contributed by atoms with Gasteiger partial charge in [-0.2, -0.15) is 0 Å². The van der Waals surface area contributed by atoms with Crippen LogP contribution in [-0.2, 0) is 4.79 Å². The number of halogens is 1. The van der Waals surface area contributed by atoms with Crippen LogP contribution in [-0.4, -0.2) is 47.0 Å². The van der Waals surface area contributed by atoms with Gasteiger partial charge in [-0.25, -0.2) is 14.4 Å². The number of anilines is 3. The van der Waals surface area contributed by atoms with Gasteiger partial charge in [-0.1, -0.05) is 72.8 Å². The molecule has 4 aromatic rings. The first-order chi connectivity index (χ1) is 19.0. The van der Waals surface area contributed by atoms with Gasteiger partial charge in [-0.05, 0) is 23.3 Å². The number of hydrogen-bond donors (Lipinski definition) is 2. The summed E-state index contributed by atoms with van der Waals surface area (Å²) in [4.78, 5) is 36.8. The number of benzene rings is 3. The Morgan fingerprint density at radius 2 is 1.41 bits per heavy atom. The number of hydrazine groups is 1. The number of para-hydroxylation sites is 1. The minimum atomic E-state index is -0.647. The van der Waals surface area contributed by atoms with E-state index in [2.05, 4.69) is 20.8 Å². The Hall–Kier alpha value is -5.06. The molecule has 3 aromatic carbocycles. The van der Waals surface area contributed by atoms with Gasteiger partial charge in [0, 0.05) is 26.2 Å². The lowest BCUT2D eigenvalue weighted by Gasteiger charge is -2.36. The molecular weight excluding hydrogens is 501 g/mol. The maximum absolute atomic E-state index is 14.2. The van der Waals surface area contributed by atoms with Gasteiger partial charge in [0.1, 0.15) is 12.1 Å². The highest BCUT2D eigenvalue weighted by Gasteiger charge is 2.31. The van der Waals surface area contributed by atoms with Crippen molar-refractivity contribution in [2.45, 2.75) is 5.92 Å². The number of piperazine rings is 1. The molecular formula is C28H26FN7O3. The van der Waals surface area contributed by atoms with E-state index in [0.29, 0.717) is 31.9 Å². The molecule has 0 aliphatic carbocycles. The molecule has 2 heterocycles. The Labute approximate surface area is 224 Å². The lowest BCUT2D eigenvalue weighted by atomic mass is 9.91. The van der Waals surface area contributed by atoms with E-state index >= 15 is 0 Å². The van der Waals surface area contributed by atoms with Crippen LogP contribution >= 0.6 is 0 Å². The van der Waals surface area contributed by atoms with Crippen molar-refractivity contribution in [3.8, 4) is 0 Å². The normalized spacial score (nSPS) is 13.3. The first kappa shape index (κ1) is 25.6. The van der Waals surface area contributed by atoms with E-state index in [0.717, 1.165) is 11.1 Å². The quantitative estimate of drug-likeness (QED) is 0.260. The van der Waals surface area contributed by atoms with Gasteiger partial charge < -0.3 is 9.80 Å². The van der Waals surface area contributed by atoms with Gasteiger partial charge in [0.15, 0.2) is 0 Å². The molecule has 0 unspecified atom stereocenters. The fourth-order valence-corrected chi connectivity index (χ4v) is 4.71. The zero-order valence-corrected chi connectivity index (χ0v) is 20.9. The average molecular weight is 528 g/mol. The average Bonchev–Trinajstić information content (AvgIpc) is 2.97. The maximum Gasteiger partial charge on any atom is 0.355 e. The van der Waals surface area contributed by atoms with Gasteiger partial charge >= 0.3 is 5.69 Å². The molecule has 0 radical (unpaired) electrons. The molecule has 11 heteroatoms. The minimum Gasteiger partial charge on any atom is -0.366 e. The van der Waals surface area contributed by atoms with Crippen molar-refractivity contribution in [1.29, 1.82) is 0 Å². The molecule has 1 saturated heterocycles. The largest absolute Gasteiger partial charge is 0.366 e. The molecule has 1 aromatic heterocycles. The van der Waals surface area contributed by atoms with Crippen molar-refractivity contribution in [1.82, 2.24) is 15.4 Å². The molecule has 0 atom stereocenters. The monoisotopic (exact) mass is 527 g/mol. The molecule has 198 valence electrons. The maximum atomic E-state index is 14.2. The molecule has 1 aliphatic rings. The number of hydrogen-bond acceptors (Lipinski definition) is 8. The highest BCUT2D eigenvalue weighted by atomic mass is 19.1. The van der Waals surface area contributed by atoms with Crippen molar-refractivity contribution in [3.63, 3.8) is 0 Å². The standard InChI is InChI=1S/C28H26FN7O3/c29-22-13-7-8-14-23(22)34-15-17-35(18-16-34)27-25(36(38)39)26(30-19-31-27)32-33-28(37)24(20-9-3-1-4-10-20)21-11-5-2-6-12-21/h1-14,19,24H,15-18H2,(H,33,37)(H,30,31,32). The third-order valence-corrected chi connectivity index (χ3v) is 6.59. The number of nitrogens with one attached hydrogen (secondary N) is 2. The first-order valence-corrected chi connectivity index (χ1v) is 12.4. The van der Waals surface area contributed by atoms with E-state index in [1.165, 1.54) is 12.4 Å². The summed E-state index contributed by atoms with van der Waals surface area (Å²) in [5.74, 6) is -1.37. The molecule has 2 N–H and O–H groups in total. The van der Waals surface area contributed by atoms with Crippen LogP contribution < -0.4 is 20.7 Å². The summed E-state index contributed by atoms with van der Waals surface area (Å²) in [7, 11) is 0. The van der Waals surface area contributed by atoms with Gasteiger partial charge in [-0.3, -0.25) is 25.8 Å². The number of rotatable bonds is 8. The molecule has 1 amide bonds. The highest BCUT2D eigenvalue weighted by molar-refractivity contribution is 5.88. The van der Waals surface area contributed by atoms with E-state index in [4.69, 9.17) is 0 Å². The second kappa shape index (κ2) is 11.5. The molecule has 0 saturated carbocycles. The number of nitro groups is 1. The number of carbonyl (C=O) groups is 1. The highest BCUT2D eigenvalue weighted by Crippen LogP contribution is 2.33. The summed E-state index contributed by atoms with van der Waals surface area (Å²) in [5.41, 5.74) is 6.94. The van der Waals surface area contributed by atoms with Gasteiger partial charge in [0.2, 0.25) is 17.5 Å². The zero-order valence-electron chi connectivity index (χ0n) is 20.9. The van der Waals surface area contributed by atoms with Crippen LogP contribution in [0.15, 0.2) is 91.3 Å². The van der Waals surface area contributed by atoms with Crippen LogP contribution in [0.1, 0.15) is 17.0 Å². The van der Waals surface area contributed by atoms with Gasteiger partial charge in [0.25, 0.3) is 0 Å². The fourth-order valence-electron chi connectivity index (χ4n) is 4.71. The molecule has 1 aliphatic heterocycles. The van der Waals surface area contributed by atoms with Crippen LogP contribution in [0.3, 0.4) is 0 Å². The summed E-state index contributed by atoms with van der Waals surface area (Å²) in [6, 6.07) is 25.0. The van der Waals surface area contributed by atoms with Crippen molar-refractivity contribution >= 4 is 28.9 Å². The SMILES string of the molecule is O=C(NNc1ncnc(N2CCN(c3ccccc3F)CC2)c1[N+](=O)[O-])C(c1ccccc1)c1ccccc1. The van der Waals surface area contributed by atoms with Gasteiger partial charge in [-0.15, -0.1) is 0 Å². The number of amides is 1. The molecule has 0 spiro atoms. The van der Waals surface area contributed by atoms with E-state index in [-0.39, 0.29) is 23.1 Å². The summed E-state index contributed by atoms with van der Waals surface area (Å²) in [6.07, 6.45) is 1.21. The molecule has 0 bridgehead atoms. The Bertz CT molecular complexity index is 1410. The van der Waals surface area contributed by atoms with Crippen molar-refractivity contribution in [2.24, 2.45) is 0 Å². The van der Waals surface area contributed by atoms with Crippen molar-refractivity contribution in [2.75, 3.05) is 41.4 Å². The first-order valence-electron chi connectivity index (χ1n) is 12.4. The predicted molar refractivity (Wildman–Crippen MR) is 146 cm³/mol. The molecule has 39 heavy (non-hydrogen) atoms. The van der Waals surface area contributed by atoms with Crippen LogP contribution in [0.2, 0.25) is 0 Å². The Balaban J connectivity index is 1.34.